The van der Waals surface area contributed by atoms with Gasteiger partial charge in [0.2, 0.25) is 0 Å². The molecule has 0 radical (unpaired) electrons. The van der Waals surface area contributed by atoms with Gasteiger partial charge in [-0.1, -0.05) is 28.3 Å². The summed E-state index contributed by atoms with van der Waals surface area (Å²) in [5, 5.41) is 0. The molecule has 0 aliphatic rings. The molecule has 0 aliphatic carbocycles. The Balaban J connectivity index is -0.0000000450. The number of hydrogen-bond acceptors (Lipinski definition) is 1. The standard InChI is InChI=1S/2CH4.F3N/c;;1-4(2)3/h2*1H4;. The molecule has 0 amide bonds. The molecule has 0 saturated carbocycles. The third-order valence-electron chi connectivity index (χ3n) is 0. The van der Waals surface area contributed by atoms with Crippen LogP contribution in [0, 0.1) is 0 Å². The van der Waals surface area contributed by atoms with Crippen LogP contribution in [-0.2, 0) is 0 Å². The van der Waals surface area contributed by atoms with E-state index in [1.54, 1.807) is 0 Å². The molecule has 4 heteroatoms. The van der Waals surface area contributed by atoms with Gasteiger partial charge in [0.05, 0.1) is 0 Å². The van der Waals surface area contributed by atoms with Crippen LogP contribution in [0.3, 0.4) is 0 Å². The summed E-state index contributed by atoms with van der Waals surface area (Å²) in [7, 11) is 0. The highest BCUT2D eigenvalue weighted by molar-refractivity contribution is 3.24. The maximum Gasteiger partial charge on any atom is 0.199 e. The summed E-state index contributed by atoms with van der Waals surface area (Å²) in [6.45, 7) is 0. The Morgan fingerprint density at radius 2 is 0.833 bits per heavy atom. The monoisotopic (exact) mass is 103 g/mol. The summed E-state index contributed by atoms with van der Waals surface area (Å²) in [5.74, 6) is 0. The van der Waals surface area contributed by atoms with E-state index in [1.807, 2.05) is 0 Å². The second-order valence-electron chi connectivity index (χ2n) is 0.192. The van der Waals surface area contributed by atoms with Crippen LogP contribution in [0.1, 0.15) is 14.9 Å². The molecule has 1 nitrogen and oxygen atoms in total. The maximum absolute atomic E-state index is 9.50. The zero-order valence-corrected chi connectivity index (χ0v) is 1.58. The molecule has 0 aromatic heterocycles. The first-order chi connectivity index (χ1) is 1.73. The van der Waals surface area contributed by atoms with Crippen LogP contribution in [-0.4, -0.2) is 5.57 Å². The number of hydrogen-bond donors (Lipinski definition) is 0. The maximum atomic E-state index is 9.50. The lowest BCUT2D eigenvalue weighted by molar-refractivity contribution is -0.295. The average molecular weight is 103 g/mol. The van der Waals surface area contributed by atoms with E-state index in [9.17, 15) is 13.4 Å². The van der Waals surface area contributed by atoms with E-state index in [4.69, 9.17) is 0 Å². The van der Waals surface area contributed by atoms with Crippen molar-refractivity contribution >= 4 is 0 Å². The largest absolute Gasteiger partial charge is 0.199 e. The second kappa shape index (κ2) is 8.83. The van der Waals surface area contributed by atoms with E-state index in [-0.39, 0.29) is 14.9 Å². The fourth-order valence-electron chi connectivity index (χ4n) is 0. The molecule has 0 bridgehead atoms. The van der Waals surface area contributed by atoms with E-state index in [0.717, 1.165) is 0 Å². The Kier molecular flexibility index (Phi) is 25.3. The van der Waals surface area contributed by atoms with Gasteiger partial charge < -0.3 is 0 Å². The molecular weight excluding hydrogens is 95.0 g/mol. The molecule has 0 unspecified atom stereocenters. The van der Waals surface area contributed by atoms with Crippen molar-refractivity contribution in [3.8, 4) is 0 Å². The highest BCUT2D eigenvalue weighted by Crippen LogP contribution is 1.82. The smallest absolute Gasteiger partial charge is 0.0776 e. The van der Waals surface area contributed by atoms with Gasteiger partial charge in [-0.2, -0.15) is 0 Å². The molecule has 0 aromatic carbocycles. The Labute approximate surface area is 35.2 Å². The van der Waals surface area contributed by atoms with Gasteiger partial charge >= 0.3 is 0 Å². The summed E-state index contributed by atoms with van der Waals surface area (Å²) in [4.78, 5) is 0. The minimum Gasteiger partial charge on any atom is -0.0776 e. The molecule has 42 valence electrons. The minimum absolute atomic E-state index is 0. The SMILES string of the molecule is C.C.FN(F)F. The third kappa shape index (κ3) is 454. The predicted molar refractivity (Wildman–Crippen MR) is 18.6 cm³/mol. The fraction of sp³-hybridized carbons (Fsp3) is 1.00. The molecular formula is C2H8F3N. The number of nitrogens with zero attached hydrogens (tertiary/aromatic N) is 1. The Morgan fingerprint density at radius 1 is 0.833 bits per heavy atom. The van der Waals surface area contributed by atoms with E-state index in [1.165, 1.54) is 0 Å². The van der Waals surface area contributed by atoms with Crippen LogP contribution in [0.2, 0.25) is 0 Å². The zero-order chi connectivity index (χ0) is 3.58. The lowest BCUT2D eigenvalue weighted by Gasteiger charge is -1.67. The molecule has 0 fully saturated rings. The highest BCUT2D eigenvalue weighted by Gasteiger charge is 1.80. The molecule has 0 N–H and O–H groups in total. The van der Waals surface area contributed by atoms with Crippen molar-refractivity contribution in [1.29, 1.82) is 0 Å². The van der Waals surface area contributed by atoms with Gasteiger partial charge in [-0.05, 0) is 0 Å². The first-order valence-electron chi connectivity index (χ1n) is 0.507. The van der Waals surface area contributed by atoms with Gasteiger partial charge in [0.1, 0.15) is 0 Å². The van der Waals surface area contributed by atoms with Gasteiger partial charge in [-0.3, -0.25) is 0 Å². The Hall–Kier alpha value is -0.250. The van der Waals surface area contributed by atoms with Crippen molar-refractivity contribution in [3.63, 3.8) is 0 Å². The van der Waals surface area contributed by atoms with Crippen molar-refractivity contribution in [2.45, 2.75) is 14.9 Å². The second-order valence-corrected chi connectivity index (χ2v) is 0.192. The first-order valence-corrected chi connectivity index (χ1v) is 0.507. The lowest BCUT2D eigenvalue weighted by Crippen LogP contribution is -1.72. The van der Waals surface area contributed by atoms with Gasteiger partial charge in [0.25, 0.3) is 0 Å². The zero-order valence-electron chi connectivity index (χ0n) is 1.58. The summed E-state index contributed by atoms with van der Waals surface area (Å²) >= 11 is 0. The molecule has 0 aromatic rings. The van der Waals surface area contributed by atoms with Gasteiger partial charge in [0, 0.05) is 0 Å². The van der Waals surface area contributed by atoms with E-state index >= 15 is 0 Å². The molecule has 6 heavy (non-hydrogen) atoms. The first kappa shape index (κ1) is 17.2. The third-order valence-corrected chi connectivity index (χ3v) is 0. The van der Waals surface area contributed by atoms with Crippen molar-refractivity contribution < 1.29 is 13.4 Å². The van der Waals surface area contributed by atoms with Crippen LogP contribution in [0.25, 0.3) is 0 Å². The molecule has 0 saturated heterocycles. The van der Waals surface area contributed by atoms with Crippen molar-refractivity contribution in [2.75, 3.05) is 0 Å². The Morgan fingerprint density at radius 3 is 0.833 bits per heavy atom. The molecule has 0 spiro atoms. The lowest BCUT2D eigenvalue weighted by atomic mass is 12.0. The van der Waals surface area contributed by atoms with E-state index < -0.39 is 5.57 Å². The van der Waals surface area contributed by atoms with Gasteiger partial charge in [-0.15, -0.1) is 0 Å². The van der Waals surface area contributed by atoms with Crippen LogP contribution in [0.4, 0.5) is 13.4 Å². The van der Waals surface area contributed by atoms with Crippen LogP contribution < -0.4 is 0 Å². The fourth-order valence-corrected chi connectivity index (χ4v) is 0. The Bertz CT molecular complexity index is 13.5. The molecule has 0 heterocycles. The van der Waals surface area contributed by atoms with Gasteiger partial charge in [-0.25, -0.2) is 0 Å². The quantitative estimate of drug-likeness (QED) is 0.425. The number of halogens is 3. The predicted octanol–water partition coefficient (Wildman–Crippen LogP) is 2.21. The normalized spacial score (nSPS) is 6.00. The van der Waals surface area contributed by atoms with E-state index in [0.29, 0.717) is 0 Å². The van der Waals surface area contributed by atoms with Crippen molar-refractivity contribution in [2.24, 2.45) is 0 Å². The number of rotatable bonds is 0. The molecule has 0 rings (SSSR count). The van der Waals surface area contributed by atoms with Crippen LogP contribution >= 0.6 is 0 Å². The highest BCUT2D eigenvalue weighted by atomic mass is 19.5. The van der Waals surface area contributed by atoms with Gasteiger partial charge in [0.15, 0.2) is 5.57 Å². The van der Waals surface area contributed by atoms with E-state index in [2.05, 4.69) is 0 Å². The van der Waals surface area contributed by atoms with Crippen molar-refractivity contribution in [3.05, 3.63) is 0 Å². The van der Waals surface area contributed by atoms with Crippen LogP contribution in [0.5, 0.6) is 0 Å². The van der Waals surface area contributed by atoms with Crippen LogP contribution in [0.15, 0.2) is 0 Å². The summed E-state index contributed by atoms with van der Waals surface area (Å²) in [6.07, 6.45) is 0. The summed E-state index contributed by atoms with van der Waals surface area (Å²) < 4.78 is 28.5. The summed E-state index contributed by atoms with van der Waals surface area (Å²) in [5.41, 5.74) is -2.50. The minimum atomic E-state index is -2.50. The summed E-state index contributed by atoms with van der Waals surface area (Å²) in [6, 6.07) is 0. The average Bonchev–Trinajstić information content (AvgIpc) is 0.811. The topological polar surface area (TPSA) is 3.24 Å². The molecule has 0 atom stereocenters. The molecule has 0 aliphatic heterocycles. The van der Waals surface area contributed by atoms with Crippen molar-refractivity contribution in [1.82, 2.24) is 5.57 Å².